The molecule has 0 aromatic heterocycles. The molecule has 1 aromatic rings. The van der Waals surface area contributed by atoms with Gasteiger partial charge in [-0.2, -0.15) is 5.26 Å². The summed E-state index contributed by atoms with van der Waals surface area (Å²) in [6.45, 7) is 3.42. The minimum atomic E-state index is -0.555. The summed E-state index contributed by atoms with van der Waals surface area (Å²) in [6, 6.07) is 6.18. The Bertz CT molecular complexity index is 343. The van der Waals surface area contributed by atoms with E-state index < -0.39 is 6.10 Å². The van der Waals surface area contributed by atoms with Gasteiger partial charge in [0.1, 0.15) is 17.6 Å². The van der Waals surface area contributed by atoms with Crippen LogP contribution in [0.1, 0.15) is 12.5 Å². The normalized spacial score (nSPS) is 11.8. The van der Waals surface area contributed by atoms with Crippen LogP contribution >= 0.6 is 0 Å². The van der Waals surface area contributed by atoms with E-state index in [-0.39, 0.29) is 5.82 Å². The van der Waals surface area contributed by atoms with E-state index in [1.54, 1.807) is 19.9 Å². The molecule has 3 heteroatoms. The van der Waals surface area contributed by atoms with Crippen molar-refractivity contribution in [2.24, 2.45) is 0 Å². The monoisotopic (exact) mass is 179 g/mol. The Morgan fingerprint density at radius 1 is 1.54 bits per heavy atom. The number of rotatable bonds is 2. The van der Waals surface area contributed by atoms with Crippen molar-refractivity contribution < 1.29 is 9.13 Å². The van der Waals surface area contributed by atoms with Crippen LogP contribution in [0.3, 0.4) is 0 Å². The van der Waals surface area contributed by atoms with Gasteiger partial charge in [0.05, 0.1) is 0 Å². The van der Waals surface area contributed by atoms with Crippen LogP contribution in [0.4, 0.5) is 4.39 Å². The molecule has 0 amide bonds. The Hall–Kier alpha value is -1.56. The predicted molar refractivity (Wildman–Crippen MR) is 46.8 cm³/mol. The smallest absolute Gasteiger partial charge is 0.181 e. The first-order valence-electron chi connectivity index (χ1n) is 3.96. The van der Waals surface area contributed by atoms with E-state index in [4.69, 9.17) is 10.00 Å². The third-order valence-electron chi connectivity index (χ3n) is 1.64. The number of nitriles is 1. The van der Waals surface area contributed by atoms with Gasteiger partial charge in [-0.25, -0.2) is 4.39 Å². The van der Waals surface area contributed by atoms with Crippen LogP contribution < -0.4 is 4.74 Å². The van der Waals surface area contributed by atoms with Gasteiger partial charge in [-0.15, -0.1) is 0 Å². The number of hydrogen-bond acceptors (Lipinski definition) is 2. The van der Waals surface area contributed by atoms with Gasteiger partial charge in [0.2, 0.25) is 0 Å². The first-order chi connectivity index (χ1) is 6.13. The fourth-order valence-electron chi connectivity index (χ4n) is 0.918. The zero-order valence-electron chi connectivity index (χ0n) is 7.54. The third-order valence-corrected chi connectivity index (χ3v) is 1.64. The van der Waals surface area contributed by atoms with Gasteiger partial charge in [0, 0.05) is 6.07 Å². The van der Waals surface area contributed by atoms with Crippen molar-refractivity contribution in [3.8, 4) is 11.8 Å². The summed E-state index contributed by atoms with van der Waals surface area (Å²) in [4.78, 5) is 0. The van der Waals surface area contributed by atoms with Crippen LogP contribution in [0.2, 0.25) is 0 Å². The average molecular weight is 179 g/mol. The van der Waals surface area contributed by atoms with E-state index in [9.17, 15) is 4.39 Å². The molecule has 1 unspecified atom stereocenters. The molecule has 0 saturated carbocycles. The van der Waals surface area contributed by atoms with Gasteiger partial charge in [-0.1, -0.05) is 6.07 Å². The Morgan fingerprint density at radius 3 is 2.85 bits per heavy atom. The fourth-order valence-corrected chi connectivity index (χ4v) is 0.918. The summed E-state index contributed by atoms with van der Waals surface area (Å²) in [5.74, 6) is 0.0692. The lowest BCUT2D eigenvalue weighted by Gasteiger charge is -2.09. The minimum absolute atomic E-state index is 0.356. The molecule has 0 aliphatic carbocycles. The molecule has 1 rings (SSSR count). The summed E-state index contributed by atoms with van der Waals surface area (Å²) in [6.07, 6.45) is -0.555. The summed E-state index contributed by atoms with van der Waals surface area (Å²) in [5.41, 5.74) is 0.823. The first kappa shape index (κ1) is 9.53. The van der Waals surface area contributed by atoms with Crippen LogP contribution in [0.5, 0.6) is 5.75 Å². The topological polar surface area (TPSA) is 33.0 Å². The minimum Gasteiger partial charge on any atom is -0.475 e. The lowest BCUT2D eigenvalue weighted by molar-refractivity contribution is 0.273. The van der Waals surface area contributed by atoms with E-state index in [0.717, 1.165) is 5.56 Å². The van der Waals surface area contributed by atoms with Crippen LogP contribution in [0.25, 0.3) is 0 Å². The zero-order chi connectivity index (χ0) is 9.84. The van der Waals surface area contributed by atoms with E-state index >= 15 is 0 Å². The third kappa shape index (κ3) is 2.45. The van der Waals surface area contributed by atoms with E-state index in [2.05, 4.69) is 0 Å². The maximum absolute atomic E-state index is 12.7. The van der Waals surface area contributed by atoms with Crippen molar-refractivity contribution in [1.82, 2.24) is 0 Å². The van der Waals surface area contributed by atoms with Gasteiger partial charge in [0.25, 0.3) is 0 Å². The van der Waals surface area contributed by atoms with Gasteiger partial charge < -0.3 is 4.74 Å². The Labute approximate surface area is 76.6 Å². The van der Waals surface area contributed by atoms with Crippen LogP contribution in [-0.4, -0.2) is 6.10 Å². The molecule has 0 heterocycles. The summed E-state index contributed by atoms with van der Waals surface area (Å²) in [5, 5.41) is 8.49. The molecule has 0 aliphatic rings. The zero-order valence-corrected chi connectivity index (χ0v) is 7.54. The highest BCUT2D eigenvalue weighted by Gasteiger charge is 2.05. The maximum Gasteiger partial charge on any atom is 0.181 e. The van der Waals surface area contributed by atoms with Crippen molar-refractivity contribution in [2.45, 2.75) is 20.0 Å². The van der Waals surface area contributed by atoms with Crippen molar-refractivity contribution in [1.29, 1.82) is 5.26 Å². The lowest BCUT2D eigenvalue weighted by Crippen LogP contribution is -2.09. The summed E-state index contributed by atoms with van der Waals surface area (Å²) >= 11 is 0. The van der Waals surface area contributed by atoms with Gasteiger partial charge in [0.15, 0.2) is 6.10 Å². The molecule has 1 aromatic carbocycles. The molecule has 0 aliphatic heterocycles. The van der Waals surface area contributed by atoms with E-state index in [1.807, 2.05) is 6.07 Å². The van der Waals surface area contributed by atoms with E-state index in [1.165, 1.54) is 12.1 Å². The second-order valence-corrected chi connectivity index (χ2v) is 2.80. The number of aryl methyl sites for hydroxylation is 1. The number of halogens is 1. The summed E-state index contributed by atoms with van der Waals surface area (Å²) < 4.78 is 17.9. The van der Waals surface area contributed by atoms with Crippen molar-refractivity contribution in [3.63, 3.8) is 0 Å². The van der Waals surface area contributed by atoms with Gasteiger partial charge >= 0.3 is 0 Å². The Balaban J connectivity index is 2.88. The molecule has 0 fully saturated rings. The van der Waals surface area contributed by atoms with Gasteiger partial charge in [-0.05, 0) is 25.5 Å². The summed E-state index contributed by atoms with van der Waals surface area (Å²) in [7, 11) is 0. The highest BCUT2D eigenvalue weighted by molar-refractivity contribution is 5.33. The molecule has 13 heavy (non-hydrogen) atoms. The second kappa shape index (κ2) is 3.90. The van der Waals surface area contributed by atoms with Crippen LogP contribution in [-0.2, 0) is 0 Å². The maximum atomic E-state index is 12.7. The van der Waals surface area contributed by atoms with Crippen molar-refractivity contribution >= 4 is 0 Å². The number of ether oxygens (including phenoxy) is 1. The number of hydrogen-bond donors (Lipinski definition) is 0. The van der Waals surface area contributed by atoms with Gasteiger partial charge in [-0.3, -0.25) is 0 Å². The first-order valence-corrected chi connectivity index (χ1v) is 3.96. The quantitative estimate of drug-likeness (QED) is 0.698. The molecule has 68 valence electrons. The highest BCUT2D eigenvalue weighted by Crippen LogP contribution is 2.19. The molecule has 0 saturated heterocycles. The molecule has 0 N–H and O–H groups in total. The van der Waals surface area contributed by atoms with Crippen LogP contribution in [0, 0.1) is 24.1 Å². The largest absolute Gasteiger partial charge is 0.475 e. The van der Waals surface area contributed by atoms with E-state index in [0.29, 0.717) is 5.75 Å². The highest BCUT2D eigenvalue weighted by atomic mass is 19.1. The standard InChI is InChI=1S/C10H10FNO/c1-7-3-4-9(11)5-10(7)13-8(2)6-12/h3-5,8H,1-2H3. The van der Waals surface area contributed by atoms with Crippen molar-refractivity contribution in [2.75, 3.05) is 0 Å². The van der Waals surface area contributed by atoms with Crippen molar-refractivity contribution in [3.05, 3.63) is 29.6 Å². The molecular formula is C10H10FNO. The molecule has 2 nitrogen and oxygen atoms in total. The second-order valence-electron chi connectivity index (χ2n) is 2.80. The molecule has 0 radical (unpaired) electrons. The van der Waals surface area contributed by atoms with Crippen LogP contribution in [0.15, 0.2) is 18.2 Å². The molecule has 0 spiro atoms. The average Bonchev–Trinajstić information content (AvgIpc) is 2.11. The fraction of sp³-hybridized carbons (Fsp3) is 0.300. The Kier molecular flexibility index (Phi) is 2.86. The number of benzene rings is 1. The molecule has 0 bridgehead atoms. The molecule has 1 atom stereocenters. The number of nitrogens with zero attached hydrogens (tertiary/aromatic N) is 1. The molecular weight excluding hydrogens is 169 g/mol. The SMILES string of the molecule is Cc1ccc(F)cc1OC(C)C#N. The lowest BCUT2D eigenvalue weighted by atomic mass is 10.2. The predicted octanol–water partition coefficient (Wildman–Crippen LogP) is 2.42. The Morgan fingerprint density at radius 2 is 2.23 bits per heavy atom.